The number of methoxy groups -OCH3 is 1. The van der Waals surface area contributed by atoms with Crippen LogP contribution in [0.25, 0.3) is 0 Å². The molecule has 0 aromatic heterocycles. The van der Waals surface area contributed by atoms with Crippen LogP contribution in [0.3, 0.4) is 0 Å². The minimum absolute atomic E-state index is 0.474. The van der Waals surface area contributed by atoms with E-state index in [0.717, 1.165) is 48.5 Å². The molecule has 0 spiro atoms. The molecule has 18 nitrogen and oxygen atoms in total. The Labute approximate surface area is 258 Å². The second kappa shape index (κ2) is 17.0. The van der Waals surface area contributed by atoms with E-state index in [9.17, 15) is 33.6 Å². The van der Waals surface area contributed by atoms with Crippen molar-refractivity contribution in [2.75, 3.05) is 20.3 Å². The average Bonchev–Trinajstić information content (AvgIpc) is 2.90. The van der Waals surface area contributed by atoms with Gasteiger partial charge in [-0.3, -0.25) is 33.6 Å². The Kier molecular flexibility index (Phi) is 14.1. The lowest BCUT2D eigenvalue weighted by molar-refractivity contribution is -0.360. The molecule has 0 N–H and O–H groups in total. The van der Waals surface area contributed by atoms with Crippen molar-refractivity contribution in [3.8, 4) is 0 Å². The SMILES string of the molecule is CO[C@H]1O[C@H](COC(C)=O)[C@@H](OC(C)=O)[C@H](O[C@H]2O[C@H](COC(C)=O)[C@@H](OC(C)=O)[C@H](OC(C)=O)[C@@H]2OC(C)=O)[C@@H]1OC(C)=O. The van der Waals surface area contributed by atoms with Crippen molar-refractivity contribution >= 4 is 41.8 Å². The molecule has 2 fully saturated rings. The summed E-state index contributed by atoms with van der Waals surface area (Å²) < 4.78 is 60.6. The molecule has 0 aliphatic carbocycles. The van der Waals surface area contributed by atoms with E-state index >= 15 is 0 Å². The highest BCUT2D eigenvalue weighted by Gasteiger charge is 2.57. The number of rotatable bonds is 12. The van der Waals surface area contributed by atoms with Gasteiger partial charge in [-0.15, -0.1) is 0 Å². The van der Waals surface area contributed by atoms with Crippen LogP contribution in [0.1, 0.15) is 48.5 Å². The molecule has 0 aromatic carbocycles. The molecule has 0 saturated carbocycles. The van der Waals surface area contributed by atoms with Gasteiger partial charge in [0.15, 0.2) is 43.1 Å². The van der Waals surface area contributed by atoms with E-state index in [-0.39, 0.29) is 0 Å². The minimum atomic E-state index is -1.77. The van der Waals surface area contributed by atoms with E-state index in [1.54, 1.807) is 0 Å². The molecule has 2 saturated heterocycles. The third-order valence-electron chi connectivity index (χ3n) is 6.12. The molecule has 45 heavy (non-hydrogen) atoms. The Morgan fingerprint density at radius 3 is 1.16 bits per heavy atom. The third kappa shape index (κ3) is 11.2. The maximum atomic E-state index is 12.2. The lowest BCUT2D eigenvalue weighted by Crippen LogP contribution is -2.67. The van der Waals surface area contributed by atoms with E-state index < -0.39 is 116 Å². The molecule has 0 bridgehead atoms. The Bertz CT molecular complexity index is 1110. The largest absolute Gasteiger partial charge is 0.463 e. The maximum absolute atomic E-state index is 12.2. The zero-order valence-electron chi connectivity index (χ0n) is 26.0. The van der Waals surface area contributed by atoms with E-state index in [1.165, 1.54) is 7.11 Å². The van der Waals surface area contributed by atoms with Crippen LogP contribution in [-0.2, 0) is 85.7 Å². The number of ether oxygens (including phenoxy) is 11. The molecule has 2 rings (SSSR count). The summed E-state index contributed by atoms with van der Waals surface area (Å²) in [6.07, 6.45) is -15.1. The van der Waals surface area contributed by atoms with Crippen molar-refractivity contribution in [1.82, 2.24) is 0 Å². The Morgan fingerprint density at radius 2 is 0.778 bits per heavy atom. The molecular formula is C27H38O18. The number of esters is 7. The number of hydrogen-bond donors (Lipinski definition) is 0. The van der Waals surface area contributed by atoms with E-state index in [2.05, 4.69) is 0 Å². The molecule has 0 radical (unpaired) electrons. The molecule has 0 amide bonds. The first-order valence-corrected chi connectivity index (χ1v) is 13.7. The molecule has 0 aromatic rings. The van der Waals surface area contributed by atoms with Crippen LogP contribution in [0.15, 0.2) is 0 Å². The van der Waals surface area contributed by atoms with E-state index in [4.69, 9.17) is 52.1 Å². The zero-order chi connectivity index (χ0) is 34.0. The van der Waals surface area contributed by atoms with Gasteiger partial charge in [-0.25, -0.2) is 0 Å². The molecule has 0 unspecified atom stereocenters. The molecule has 18 heteroatoms. The van der Waals surface area contributed by atoms with Crippen LogP contribution in [0, 0.1) is 0 Å². The fourth-order valence-electron chi connectivity index (χ4n) is 4.66. The van der Waals surface area contributed by atoms with Gasteiger partial charge in [-0.05, 0) is 0 Å². The van der Waals surface area contributed by atoms with Gasteiger partial charge < -0.3 is 52.1 Å². The van der Waals surface area contributed by atoms with Gasteiger partial charge in [0.2, 0.25) is 0 Å². The predicted octanol–water partition coefficient (Wildman–Crippen LogP) is -0.747. The normalized spacial score (nSPS) is 31.0. The van der Waals surface area contributed by atoms with Crippen LogP contribution < -0.4 is 0 Å². The van der Waals surface area contributed by atoms with Gasteiger partial charge in [0.1, 0.15) is 31.5 Å². The second-order valence-corrected chi connectivity index (χ2v) is 9.90. The molecule has 2 aliphatic rings. The first kappa shape index (κ1) is 37.3. The summed E-state index contributed by atoms with van der Waals surface area (Å²) in [4.78, 5) is 84.1. The highest BCUT2D eigenvalue weighted by Crippen LogP contribution is 2.35. The van der Waals surface area contributed by atoms with Crippen LogP contribution in [0.4, 0.5) is 0 Å². The second-order valence-electron chi connectivity index (χ2n) is 9.90. The minimum Gasteiger partial charge on any atom is -0.463 e. The monoisotopic (exact) mass is 650 g/mol. The number of carbonyl (C=O) groups is 7. The van der Waals surface area contributed by atoms with Crippen LogP contribution >= 0.6 is 0 Å². The van der Waals surface area contributed by atoms with Gasteiger partial charge in [-0.1, -0.05) is 0 Å². The van der Waals surface area contributed by atoms with Gasteiger partial charge in [0.25, 0.3) is 0 Å². The molecule has 2 heterocycles. The Hall–Kier alpha value is -3.87. The summed E-state index contributed by atoms with van der Waals surface area (Å²) in [5.74, 6) is -5.76. The molecule has 254 valence electrons. The zero-order valence-corrected chi connectivity index (χ0v) is 26.0. The van der Waals surface area contributed by atoms with E-state index in [1.807, 2.05) is 0 Å². The highest BCUT2D eigenvalue weighted by atomic mass is 16.8. The molecule has 2 aliphatic heterocycles. The quantitative estimate of drug-likeness (QED) is 0.187. The standard InChI is InChI=1S/C27H38O18/c1-11(28)36-9-18-21(39-14(4)31)23(24(41-16(6)33)26(35-8)43-18)45-27-25(42-17(7)34)22(40-15(5)32)20(38-13(3)30)19(44-27)10-37-12(2)29/h18-27H,9-10H2,1-8H3/t18-,19-,20-,21-,22+,23+,24+,25+,26+,27-/m1/s1. The van der Waals surface area contributed by atoms with Crippen molar-refractivity contribution in [3.63, 3.8) is 0 Å². The first-order chi connectivity index (χ1) is 21.0. The third-order valence-corrected chi connectivity index (χ3v) is 6.12. The highest BCUT2D eigenvalue weighted by molar-refractivity contribution is 5.69. The molecule has 10 atom stereocenters. The van der Waals surface area contributed by atoms with Crippen LogP contribution in [0.2, 0.25) is 0 Å². The van der Waals surface area contributed by atoms with Crippen molar-refractivity contribution in [1.29, 1.82) is 0 Å². The van der Waals surface area contributed by atoms with Gasteiger partial charge in [-0.2, -0.15) is 0 Å². The number of carbonyl (C=O) groups excluding carboxylic acids is 7. The summed E-state index contributed by atoms with van der Waals surface area (Å²) >= 11 is 0. The molecular weight excluding hydrogens is 612 g/mol. The van der Waals surface area contributed by atoms with Gasteiger partial charge in [0.05, 0.1) is 0 Å². The Morgan fingerprint density at radius 1 is 0.444 bits per heavy atom. The van der Waals surface area contributed by atoms with Crippen molar-refractivity contribution < 1.29 is 85.7 Å². The lowest BCUT2D eigenvalue weighted by Gasteiger charge is -2.48. The summed E-state index contributed by atoms with van der Waals surface area (Å²) in [5, 5.41) is 0. The smallest absolute Gasteiger partial charge is 0.303 e. The van der Waals surface area contributed by atoms with Crippen molar-refractivity contribution in [3.05, 3.63) is 0 Å². The maximum Gasteiger partial charge on any atom is 0.303 e. The summed E-state index contributed by atoms with van der Waals surface area (Å²) in [7, 11) is 1.21. The fraction of sp³-hybridized carbons (Fsp3) is 0.741. The van der Waals surface area contributed by atoms with Gasteiger partial charge in [0, 0.05) is 55.6 Å². The van der Waals surface area contributed by atoms with E-state index in [0.29, 0.717) is 0 Å². The van der Waals surface area contributed by atoms with Crippen LogP contribution in [0.5, 0.6) is 0 Å². The topological polar surface area (TPSA) is 221 Å². The van der Waals surface area contributed by atoms with Gasteiger partial charge >= 0.3 is 41.8 Å². The number of hydrogen-bond acceptors (Lipinski definition) is 18. The fourth-order valence-corrected chi connectivity index (χ4v) is 4.66. The predicted molar refractivity (Wildman–Crippen MR) is 140 cm³/mol. The van der Waals surface area contributed by atoms with Crippen molar-refractivity contribution in [2.24, 2.45) is 0 Å². The average molecular weight is 651 g/mol. The summed E-state index contributed by atoms with van der Waals surface area (Å²) in [6.45, 7) is 6.47. The van der Waals surface area contributed by atoms with Crippen LogP contribution in [-0.4, -0.2) is 124 Å². The summed E-state index contributed by atoms with van der Waals surface area (Å²) in [6, 6.07) is 0. The Balaban J connectivity index is 2.70. The first-order valence-electron chi connectivity index (χ1n) is 13.7. The lowest BCUT2D eigenvalue weighted by atomic mass is 9.96. The van der Waals surface area contributed by atoms with Crippen molar-refractivity contribution in [2.45, 2.75) is 110 Å². The summed E-state index contributed by atoms with van der Waals surface area (Å²) in [5.41, 5.74) is 0.